The summed E-state index contributed by atoms with van der Waals surface area (Å²) in [5.74, 6) is 0. The number of nitrogens with one attached hydrogen (secondary N) is 1. The van der Waals surface area contributed by atoms with Crippen LogP contribution < -0.4 is 11.1 Å². The number of piperidine rings is 1. The Labute approximate surface area is 122 Å². The van der Waals surface area contributed by atoms with Crippen molar-refractivity contribution in [2.45, 2.75) is 51.1 Å². The largest absolute Gasteiger partial charge is 0.398 e. The van der Waals surface area contributed by atoms with Gasteiger partial charge in [0.25, 0.3) is 0 Å². The third-order valence-electron chi connectivity index (χ3n) is 4.74. The van der Waals surface area contributed by atoms with E-state index in [0.29, 0.717) is 6.04 Å². The average Bonchev–Trinajstić information content (AvgIpc) is 2.47. The topological polar surface area (TPSA) is 54.2 Å². The number of likely N-dealkylation sites (N-methyl/N-ethyl adjacent to an activating group) is 1. The minimum Gasteiger partial charge on any atom is -0.398 e. The summed E-state index contributed by atoms with van der Waals surface area (Å²) < 4.78 is 0. The quantitative estimate of drug-likeness (QED) is 0.864. The fraction of sp³-hybridized carbons (Fsp3) is 0.688. The summed E-state index contributed by atoms with van der Waals surface area (Å²) >= 11 is 0. The lowest BCUT2D eigenvalue weighted by Gasteiger charge is -2.46. The number of likely N-dealkylation sites (tertiary alicyclic amines) is 1. The summed E-state index contributed by atoms with van der Waals surface area (Å²) in [7, 11) is 2.04. The average molecular weight is 276 g/mol. The van der Waals surface area contributed by atoms with E-state index in [1.54, 1.807) is 6.20 Å². The lowest BCUT2D eigenvalue weighted by Crippen LogP contribution is -2.59. The highest BCUT2D eigenvalue weighted by molar-refractivity contribution is 5.44. The third-order valence-corrected chi connectivity index (χ3v) is 4.74. The van der Waals surface area contributed by atoms with E-state index >= 15 is 0 Å². The van der Waals surface area contributed by atoms with Crippen LogP contribution in [0.15, 0.2) is 18.5 Å². The van der Waals surface area contributed by atoms with Gasteiger partial charge in [-0.05, 0) is 64.9 Å². The molecule has 1 fully saturated rings. The molecule has 1 unspecified atom stereocenters. The van der Waals surface area contributed by atoms with Crippen LogP contribution in [-0.4, -0.2) is 41.6 Å². The second-order valence-corrected chi connectivity index (χ2v) is 6.32. The number of aromatic nitrogens is 1. The molecule has 20 heavy (non-hydrogen) atoms. The third kappa shape index (κ3) is 3.30. The first-order chi connectivity index (χ1) is 9.55. The Morgan fingerprint density at radius 2 is 2.05 bits per heavy atom. The molecular weight excluding hydrogens is 248 g/mol. The zero-order chi connectivity index (χ0) is 14.6. The predicted molar refractivity (Wildman–Crippen MR) is 84.7 cm³/mol. The van der Waals surface area contributed by atoms with Crippen LogP contribution >= 0.6 is 0 Å². The van der Waals surface area contributed by atoms with Gasteiger partial charge in [0, 0.05) is 29.7 Å². The van der Waals surface area contributed by atoms with E-state index < -0.39 is 0 Å². The van der Waals surface area contributed by atoms with Gasteiger partial charge in [-0.15, -0.1) is 0 Å². The van der Waals surface area contributed by atoms with Gasteiger partial charge in [-0.1, -0.05) is 6.42 Å². The Hall–Kier alpha value is -1.13. The molecule has 1 saturated heterocycles. The van der Waals surface area contributed by atoms with Crippen molar-refractivity contribution < 1.29 is 0 Å². The van der Waals surface area contributed by atoms with Crippen LogP contribution in [0, 0.1) is 0 Å². The Morgan fingerprint density at radius 3 is 2.65 bits per heavy atom. The van der Waals surface area contributed by atoms with Crippen molar-refractivity contribution in [3.05, 3.63) is 24.0 Å². The highest BCUT2D eigenvalue weighted by Crippen LogP contribution is 2.26. The normalized spacial score (nSPS) is 18.9. The molecule has 2 rings (SSSR count). The molecule has 0 spiro atoms. The first kappa shape index (κ1) is 15.3. The molecule has 3 N–H and O–H groups in total. The minimum atomic E-state index is 0.122. The van der Waals surface area contributed by atoms with E-state index in [2.05, 4.69) is 29.0 Å². The Bertz CT molecular complexity index is 424. The molecule has 1 atom stereocenters. The molecule has 1 aromatic rings. The van der Waals surface area contributed by atoms with Gasteiger partial charge in [-0.2, -0.15) is 0 Å². The van der Waals surface area contributed by atoms with Gasteiger partial charge in [-0.25, -0.2) is 0 Å². The van der Waals surface area contributed by atoms with E-state index in [1.165, 1.54) is 32.4 Å². The fourth-order valence-corrected chi connectivity index (χ4v) is 3.22. The van der Waals surface area contributed by atoms with Gasteiger partial charge in [0.05, 0.1) is 0 Å². The Kier molecular flexibility index (Phi) is 5.00. The van der Waals surface area contributed by atoms with Crippen molar-refractivity contribution in [3.63, 3.8) is 0 Å². The number of pyridine rings is 1. The van der Waals surface area contributed by atoms with Gasteiger partial charge < -0.3 is 11.1 Å². The monoisotopic (exact) mass is 276 g/mol. The Morgan fingerprint density at radius 1 is 1.35 bits per heavy atom. The zero-order valence-corrected chi connectivity index (χ0v) is 13.0. The van der Waals surface area contributed by atoms with Crippen molar-refractivity contribution in [1.29, 1.82) is 0 Å². The highest BCUT2D eigenvalue weighted by atomic mass is 15.2. The van der Waals surface area contributed by atoms with E-state index in [-0.39, 0.29) is 5.54 Å². The Balaban J connectivity index is 2.12. The molecule has 2 heterocycles. The van der Waals surface area contributed by atoms with Crippen molar-refractivity contribution in [2.24, 2.45) is 0 Å². The maximum absolute atomic E-state index is 6.06. The van der Waals surface area contributed by atoms with Gasteiger partial charge in [0.2, 0.25) is 0 Å². The second-order valence-electron chi connectivity index (χ2n) is 6.32. The van der Waals surface area contributed by atoms with Crippen LogP contribution in [0.1, 0.15) is 38.7 Å². The summed E-state index contributed by atoms with van der Waals surface area (Å²) in [6, 6.07) is 2.25. The van der Waals surface area contributed by atoms with Crippen LogP contribution in [0.2, 0.25) is 0 Å². The molecule has 0 aromatic carbocycles. The number of nitrogen functional groups attached to an aromatic ring is 1. The molecule has 0 saturated carbocycles. The molecule has 1 aliphatic rings. The molecule has 0 bridgehead atoms. The molecular formula is C16H28N4. The van der Waals surface area contributed by atoms with Crippen LogP contribution in [-0.2, 0) is 6.42 Å². The lowest BCUT2D eigenvalue weighted by molar-refractivity contribution is 0.0636. The van der Waals surface area contributed by atoms with Gasteiger partial charge in [-0.3, -0.25) is 9.88 Å². The van der Waals surface area contributed by atoms with Crippen molar-refractivity contribution in [1.82, 2.24) is 15.2 Å². The van der Waals surface area contributed by atoms with Crippen LogP contribution in [0.5, 0.6) is 0 Å². The van der Waals surface area contributed by atoms with E-state index in [4.69, 9.17) is 5.73 Å². The standard InChI is InChI=1S/C16H28N4/c1-16(2,20-9-5-4-6-10-20)15(18-3)11-13-12-19-8-7-14(13)17/h7-8,12,15,18H,4-6,9-11H2,1-3H3,(H2,17,19). The molecule has 1 aromatic heterocycles. The fourth-order valence-electron chi connectivity index (χ4n) is 3.22. The minimum absolute atomic E-state index is 0.122. The van der Waals surface area contributed by atoms with Crippen molar-refractivity contribution in [2.75, 3.05) is 25.9 Å². The summed E-state index contributed by atoms with van der Waals surface area (Å²) in [6.07, 6.45) is 8.56. The zero-order valence-electron chi connectivity index (χ0n) is 13.0. The number of anilines is 1. The number of hydrogen-bond donors (Lipinski definition) is 2. The number of nitrogens with zero attached hydrogens (tertiary/aromatic N) is 2. The van der Waals surface area contributed by atoms with Crippen LogP contribution in [0.3, 0.4) is 0 Å². The predicted octanol–water partition coefficient (Wildman–Crippen LogP) is 2.06. The first-order valence-corrected chi connectivity index (χ1v) is 7.66. The molecule has 112 valence electrons. The number of rotatable bonds is 5. The second kappa shape index (κ2) is 6.55. The number of hydrogen-bond acceptors (Lipinski definition) is 4. The highest BCUT2D eigenvalue weighted by Gasteiger charge is 2.35. The molecule has 0 radical (unpaired) electrons. The van der Waals surface area contributed by atoms with Crippen molar-refractivity contribution >= 4 is 5.69 Å². The molecule has 0 amide bonds. The first-order valence-electron chi connectivity index (χ1n) is 7.66. The maximum Gasteiger partial charge on any atom is 0.0378 e. The molecule has 4 heteroatoms. The SMILES string of the molecule is CNC(Cc1cnccc1N)C(C)(C)N1CCCCC1. The number of nitrogens with two attached hydrogens (primary N) is 1. The molecule has 1 aliphatic heterocycles. The lowest BCUT2D eigenvalue weighted by atomic mass is 9.86. The van der Waals surface area contributed by atoms with E-state index in [9.17, 15) is 0 Å². The summed E-state index contributed by atoms with van der Waals surface area (Å²) in [6.45, 7) is 7.08. The van der Waals surface area contributed by atoms with Gasteiger partial charge in [0.15, 0.2) is 0 Å². The summed E-state index contributed by atoms with van der Waals surface area (Å²) in [5.41, 5.74) is 8.16. The maximum atomic E-state index is 6.06. The summed E-state index contributed by atoms with van der Waals surface area (Å²) in [4.78, 5) is 6.82. The van der Waals surface area contributed by atoms with Gasteiger partial charge in [0.1, 0.15) is 0 Å². The van der Waals surface area contributed by atoms with E-state index in [0.717, 1.165) is 17.7 Å². The smallest absolute Gasteiger partial charge is 0.0378 e. The van der Waals surface area contributed by atoms with Crippen molar-refractivity contribution in [3.8, 4) is 0 Å². The molecule has 4 nitrogen and oxygen atoms in total. The van der Waals surface area contributed by atoms with E-state index in [1.807, 2.05) is 19.3 Å². The van der Waals surface area contributed by atoms with Gasteiger partial charge >= 0.3 is 0 Å². The molecule has 0 aliphatic carbocycles. The summed E-state index contributed by atoms with van der Waals surface area (Å²) in [5, 5.41) is 3.49. The van der Waals surface area contributed by atoms with Crippen LogP contribution in [0.25, 0.3) is 0 Å². The van der Waals surface area contributed by atoms with Crippen LogP contribution in [0.4, 0.5) is 5.69 Å².